The fraction of sp³-hybridized carbons (Fsp3) is 0.500. The summed E-state index contributed by atoms with van der Waals surface area (Å²) in [6.45, 7) is 2.35. The second kappa shape index (κ2) is 6.43. The van der Waals surface area contributed by atoms with E-state index in [1.807, 2.05) is 24.3 Å². The Labute approximate surface area is 113 Å². The molecule has 1 atom stereocenters. The van der Waals surface area contributed by atoms with Gasteiger partial charge in [0.05, 0.1) is 19.4 Å². The lowest BCUT2D eigenvalue weighted by Gasteiger charge is -2.24. The van der Waals surface area contributed by atoms with Crippen LogP contribution in [0.1, 0.15) is 12.8 Å². The summed E-state index contributed by atoms with van der Waals surface area (Å²) in [7, 11) is 1.36. The summed E-state index contributed by atoms with van der Waals surface area (Å²) in [5.41, 5.74) is 6.84. The number of fused-ring (bicyclic) bond motifs is 1. The van der Waals surface area contributed by atoms with E-state index in [2.05, 4.69) is 9.64 Å². The molecule has 0 bridgehead atoms. The average molecular weight is 264 g/mol. The first-order valence-corrected chi connectivity index (χ1v) is 6.52. The number of hydrogen-bond acceptors (Lipinski definition) is 5. The first kappa shape index (κ1) is 13.7. The zero-order valence-electron chi connectivity index (χ0n) is 11.2. The van der Waals surface area contributed by atoms with E-state index in [4.69, 9.17) is 10.5 Å². The largest absolute Gasteiger partial charge is 0.491 e. The molecule has 0 radical (unpaired) electrons. The molecule has 1 unspecified atom stereocenters. The third-order valence-electron chi connectivity index (χ3n) is 3.25. The summed E-state index contributed by atoms with van der Waals surface area (Å²) in [6.07, 6.45) is 1.53. The minimum atomic E-state index is -0.568. The van der Waals surface area contributed by atoms with Crippen LogP contribution < -0.4 is 15.4 Å². The van der Waals surface area contributed by atoms with E-state index >= 15 is 0 Å². The maximum atomic E-state index is 11.3. The van der Waals surface area contributed by atoms with Crippen molar-refractivity contribution < 1.29 is 14.3 Å². The summed E-state index contributed by atoms with van der Waals surface area (Å²) in [6, 6.07) is 7.38. The molecule has 0 spiro atoms. The van der Waals surface area contributed by atoms with Gasteiger partial charge < -0.3 is 20.1 Å². The highest BCUT2D eigenvalue weighted by Gasteiger charge is 2.19. The van der Waals surface area contributed by atoms with Crippen molar-refractivity contribution in [2.75, 3.05) is 31.7 Å². The lowest BCUT2D eigenvalue weighted by Crippen LogP contribution is -2.36. The number of rotatable bonds is 4. The van der Waals surface area contributed by atoms with E-state index in [-0.39, 0.29) is 5.97 Å². The Kier molecular flexibility index (Phi) is 4.63. The monoisotopic (exact) mass is 264 g/mol. The molecule has 0 aliphatic carbocycles. The quantitative estimate of drug-likeness (QED) is 0.827. The molecule has 5 heteroatoms. The number of nitrogens with zero attached hydrogens (tertiary/aromatic N) is 1. The number of para-hydroxylation sites is 2. The van der Waals surface area contributed by atoms with Gasteiger partial charge in [-0.05, 0) is 25.0 Å². The fourth-order valence-electron chi connectivity index (χ4n) is 2.19. The molecule has 2 rings (SSSR count). The molecular weight excluding hydrogens is 244 g/mol. The SMILES string of the molecule is COC(=O)C(N)CCN1CCCOc2ccccc21. The van der Waals surface area contributed by atoms with Crippen molar-refractivity contribution >= 4 is 11.7 Å². The number of ether oxygens (including phenoxy) is 2. The Morgan fingerprint density at radius 2 is 2.32 bits per heavy atom. The van der Waals surface area contributed by atoms with Crippen LogP contribution in [0, 0.1) is 0 Å². The van der Waals surface area contributed by atoms with Gasteiger partial charge in [-0.15, -0.1) is 0 Å². The molecule has 104 valence electrons. The molecule has 1 aliphatic heterocycles. The standard InChI is InChI=1S/C14H20N2O3/c1-18-14(17)11(15)7-9-16-8-4-10-19-13-6-3-2-5-12(13)16/h2-3,5-6,11H,4,7-10,15H2,1H3. The predicted molar refractivity (Wildman–Crippen MR) is 73.4 cm³/mol. The normalized spacial score (nSPS) is 16.0. The van der Waals surface area contributed by atoms with Crippen LogP contribution in [0.3, 0.4) is 0 Å². The van der Waals surface area contributed by atoms with Gasteiger partial charge in [-0.25, -0.2) is 0 Å². The molecule has 0 saturated carbocycles. The molecule has 5 nitrogen and oxygen atoms in total. The van der Waals surface area contributed by atoms with Crippen LogP contribution in [0.25, 0.3) is 0 Å². The minimum absolute atomic E-state index is 0.362. The van der Waals surface area contributed by atoms with Crippen molar-refractivity contribution in [3.05, 3.63) is 24.3 Å². The zero-order chi connectivity index (χ0) is 13.7. The highest BCUT2D eigenvalue weighted by Crippen LogP contribution is 2.30. The summed E-state index contributed by atoms with van der Waals surface area (Å²) in [5, 5.41) is 0. The van der Waals surface area contributed by atoms with Crippen LogP contribution in [-0.2, 0) is 9.53 Å². The van der Waals surface area contributed by atoms with Crippen LogP contribution in [0.15, 0.2) is 24.3 Å². The van der Waals surface area contributed by atoms with Crippen LogP contribution in [0.2, 0.25) is 0 Å². The number of carbonyl (C=O) groups excluding carboxylic acids is 1. The Balaban J connectivity index is 2.02. The van der Waals surface area contributed by atoms with Gasteiger partial charge in [0.1, 0.15) is 11.8 Å². The van der Waals surface area contributed by atoms with Crippen LogP contribution in [-0.4, -0.2) is 38.8 Å². The number of methoxy groups -OCH3 is 1. The number of carbonyl (C=O) groups is 1. The molecule has 1 heterocycles. The van der Waals surface area contributed by atoms with Crippen molar-refractivity contribution in [1.29, 1.82) is 0 Å². The van der Waals surface area contributed by atoms with Gasteiger partial charge in [0.2, 0.25) is 0 Å². The Morgan fingerprint density at radius 1 is 1.53 bits per heavy atom. The summed E-state index contributed by atoms with van der Waals surface area (Å²) >= 11 is 0. The Morgan fingerprint density at radius 3 is 3.11 bits per heavy atom. The molecule has 0 amide bonds. The van der Waals surface area contributed by atoms with E-state index in [0.29, 0.717) is 6.42 Å². The van der Waals surface area contributed by atoms with Crippen molar-refractivity contribution in [2.24, 2.45) is 5.73 Å². The van der Waals surface area contributed by atoms with E-state index in [1.165, 1.54) is 7.11 Å². The number of hydrogen-bond donors (Lipinski definition) is 1. The van der Waals surface area contributed by atoms with Gasteiger partial charge >= 0.3 is 5.97 Å². The van der Waals surface area contributed by atoms with Gasteiger partial charge in [-0.1, -0.05) is 12.1 Å². The number of nitrogens with two attached hydrogens (primary N) is 1. The molecule has 1 aromatic carbocycles. The smallest absolute Gasteiger partial charge is 0.322 e. The molecular formula is C14H20N2O3. The Bertz CT molecular complexity index is 436. The second-order valence-corrected chi connectivity index (χ2v) is 4.58. The third-order valence-corrected chi connectivity index (χ3v) is 3.25. The zero-order valence-corrected chi connectivity index (χ0v) is 11.2. The van der Waals surface area contributed by atoms with Crippen molar-refractivity contribution in [2.45, 2.75) is 18.9 Å². The molecule has 1 aliphatic rings. The lowest BCUT2D eigenvalue weighted by atomic mass is 10.2. The number of esters is 1. The fourth-order valence-corrected chi connectivity index (χ4v) is 2.19. The summed E-state index contributed by atoms with van der Waals surface area (Å²) < 4.78 is 10.3. The maximum absolute atomic E-state index is 11.3. The minimum Gasteiger partial charge on any atom is -0.491 e. The Hall–Kier alpha value is -1.75. The lowest BCUT2D eigenvalue weighted by molar-refractivity contribution is -0.142. The van der Waals surface area contributed by atoms with Gasteiger partial charge in [0.25, 0.3) is 0 Å². The number of anilines is 1. The van der Waals surface area contributed by atoms with Gasteiger partial charge in [0, 0.05) is 13.1 Å². The van der Waals surface area contributed by atoms with Gasteiger partial charge in [-0.2, -0.15) is 0 Å². The first-order valence-electron chi connectivity index (χ1n) is 6.52. The molecule has 0 fully saturated rings. The highest BCUT2D eigenvalue weighted by atomic mass is 16.5. The molecule has 0 saturated heterocycles. The van der Waals surface area contributed by atoms with Crippen molar-refractivity contribution in [1.82, 2.24) is 0 Å². The topological polar surface area (TPSA) is 64.8 Å². The molecule has 0 aromatic heterocycles. The van der Waals surface area contributed by atoms with Crippen LogP contribution in [0.5, 0.6) is 5.75 Å². The van der Waals surface area contributed by atoms with E-state index in [0.717, 1.165) is 37.6 Å². The van der Waals surface area contributed by atoms with Gasteiger partial charge in [0.15, 0.2) is 0 Å². The maximum Gasteiger partial charge on any atom is 0.322 e. The molecule has 1 aromatic rings. The number of benzene rings is 1. The van der Waals surface area contributed by atoms with Crippen LogP contribution >= 0.6 is 0 Å². The molecule has 19 heavy (non-hydrogen) atoms. The first-order chi connectivity index (χ1) is 9.22. The average Bonchev–Trinajstić information content (AvgIpc) is 2.66. The molecule has 2 N–H and O–H groups in total. The summed E-state index contributed by atoms with van der Waals surface area (Å²) in [5.74, 6) is 0.533. The van der Waals surface area contributed by atoms with Gasteiger partial charge in [-0.3, -0.25) is 4.79 Å². The van der Waals surface area contributed by atoms with E-state index < -0.39 is 6.04 Å². The second-order valence-electron chi connectivity index (χ2n) is 4.58. The third kappa shape index (κ3) is 3.38. The van der Waals surface area contributed by atoms with Crippen molar-refractivity contribution in [3.8, 4) is 5.75 Å². The van der Waals surface area contributed by atoms with Crippen LogP contribution in [0.4, 0.5) is 5.69 Å². The van der Waals surface area contributed by atoms with E-state index in [9.17, 15) is 4.79 Å². The van der Waals surface area contributed by atoms with Crippen molar-refractivity contribution in [3.63, 3.8) is 0 Å². The predicted octanol–water partition coefficient (Wildman–Crippen LogP) is 1.17. The van der Waals surface area contributed by atoms with E-state index in [1.54, 1.807) is 0 Å². The summed E-state index contributed by atoms with van der Waals surface area (Å²) in [4.78, 5) is 13.5. The highest BCUT2D eigenvalue weighted by molar-refractivity contribution is 5.75.